The lowest BCUT2D eigenvalue weighted by Crippen LogP contribution is -2.31. The van der Waals surface area contributed by atoms with Gasteiger partial charge in [0.25, 0.3) is 5.91 Å². The number of carbonyl (C=O) groups is 1. The number of allylic oxidation sites excluding steroid dienone is 1. The molecule has 0 radical (unpaired) electrons. The zero-order chi connectivity index (χ0) is 19.2. The highest BCUT2D eigenvalue weighted by atomic mass is 127. The first kappa shape index (κ1) is 19.9. The molecule has 0 saturated carbocycles. The molecule has 5 nitrogen and oxygen atoms in total. The molecule has 1 heterocycles. The summed E-state index contributed by atoms with van der Waals surface area (Å²) < 4.78 is 12.9. The Hall–Kier alpha value is -1.90. The minimum atomic E-state index is -0.510. The van der Waals surface area contributed by atoms with Gasteiger partial charge in [-0.25, -0.2) is 0 Å². The van der Waals surface area contributed by atoms with E-state index in [1.54, 1.807) is 7.05 Å². The highest BCUT2D eigenvalue weighted by Gasteiger charge is 2.28. The largest absolute Gasteiger partial charge is 0.459 e. The molecular weight excluding hydrogens is 457 g/mol. The number of likely N-dealkylation sites (N-methyl/N-ethyl adjacent to an activating group) is 1. The molecule has 2 atom stereocenters. The van der Waals surface area contributed by atoms with E-state index in [0.717, 1.165) is 20.3 Å². The Morgan fingerprint density at radius 1 is 1.19 bits per heavy atom. The molecule has 0 unspecified atom stereocenters. The van der Waals surface area contributed by atoms with Crippen LogP contribution < -0.4 is 5.32 Å². The van der Waals surface area contributed by atoms with Crippen molar-refractivity contribution in [3.63, 3.8) is 0 Å². The first-order valence-electron chi connectivity index (χ1n) is 8.75. The van der Waals surface area contributed by atoms with Gasteiger partial charge in [-0.2, -0.15) is 0 Å². The molecule has 0 spiro atoms. The summed E-state index contributed by atoms with van der Waals surface area (Å²) in [6.07, 6.45) is 1.98. The lowest BCUT2D eigenvalue weighted by atomic mass is 9.93. The molecule has 0 saturated heterocycles. The second kappa shape index (κ2) is 9.34. The van der Waals surface area contributed by atoms with Gasteiger partial charge in [-0.1, -0.05) is 36.4 Å². The molecule has 6 heteroatoms. The number of nitrogens with one attached hydrogen (secondary N) is 1. The molecule has 0 aliphatic carbocycles. The van der Waals surface area contributed by atoms with Crippen LogP contribution in [0.1, 0.15) is 29.0 Å². The second-order valence-electron chi connectivity index (χ2n) is 6.34. The van der Waals surface area contributed by atoms with Gasteiger partial charge < -0.3 is 19.9 Å². The number of halogens is 1. The molecule has 1 amide bonds. The SMILES string of the molecule is CNC(=O)C1=C[C@H](c2ccc(I)cc2)C[C@H](OCc2ccc(CO)cc2)O1. The summed E-state index contributed by atoms with van der Waals surface area (Å²) in [7, 11) is 1.58. The molecule has 0 fully saturated rings. The number of benzene rings is 2. The van der Waals surface area contributed by atoms with Crippen LogP contribution in [0.5, 0.6) is 0 Å². The maximum absolute atomic E-state index is 12.1. The van der Waals surface area contributed by atoms with Crippen molar-refractivity contribution in [2.45, 2.75) is 31.8 Å². The predicted molar refractivity (Wildman–Crippen MR) is 111 cm³/mol. The van der Waals surface area contributed by atoms with Crippen LogP contribution in [0.15, 0.2) is 60.4 Å². The zero-order valence-corrected chi connectivity index (χ0v) is 17.2. The fraction of sp³-hybridized carbons (Fsp3) is 0.286. The van der Waals surface area contributed by atoms with Crippen LogP contribution in [-0.2, 0) is 27.5 Å². The molecule has 2 aromatic carbocycles. The first-order valence-corrected chi connectivity index (χ1v) is 9.83. The number of hydrogen-bond donors (Lipinski definition) is 2. The second-order valence-corrected chi connectivity index (χ2v) is 7.58. The van der Waals surface area contributed by atoms with Crippen LogP contribution in [0, 0.1) is 3.57 Å². The van der Waals surface area contributed by atoms with Gasteiger partial charge >= 0.3 is 0 Å². The highest BCUT2D eigenvalue weighted by Crippen LogP contribution is 2.32. The summed E-state index contributed by atoms with van der Waals surface area (Å²) >= 11 is 2.27. The third kappa shape index (κ3) is 5.31. The summed E-state index contributed by atoms with van der Waals surface area (Å²) in [5.74, 6) is 0.0730. The molecule has 3 rings (SSSR count). The minimum absolute atomic E-state index is 0.0187. The molecule has 1 aliphatic rings. The van der Waals surface area contributed by atoms with Crippen LogP contribution in [0.4, 0.5) is 0 Å². The molecule has 2 N–H and O–H groups in total. The fourth-order valence-corrected chi connectivity index (χ4v) is 3.27. The van der Waals surface area contributed by atoms with E-state index in [4.69, 9.17) is 14.6 Å². The van der Waals surface area contributed by atoms with Crippen molar-refractivity contribution < 1.29 is 19.4 Å². The van der Waals surface area contributed by atoms with Gasteiger partial charge in [-0.15, -0.1) is 0 Å². The van der Waals surface area contributed by atoms with Crippen molar-refractivity contribution in [3.05, 3.63) is 80.6 Å². The van der Waals surface area contributed by atoms with E-state index in [1.165, 1.54) is 0 Å². The van der Waals surface area contributed by atoms with Crippen molar-refractivity contribution in [2.24, 2.45) is 0 Å². The van der Waals surface area contributed by atoms with Crippen LogP contribution in [0.25, 0.3) is 0 Å². The van der Waals surface area contributed by atoms with Gasteiger partial charge in [-0.3, -0.25) is 4.79 Å². The molecule has 0 bridgehead atoms. The van der Waals surface area contributed by atoms with Crippen molar-refractivity contribution in [3.8, 4) is 0 Å². The summed E-state index contributed by atoms with van der Waals surface area (Å²) in [4.78, 5) is 12.1. The van der Waals surface area contributed by atoms with E-state index in [2.05, 4.69) is 52.2 Å². The van der Waals surface area contributed by atoms with Crippen molar-refractivity contribution >= 4 is 28.5 Å². The Kier molecular flexibility index (Phi) is 6.87. The third-order valence-electron chi connectivity index (χ3n) is 4.45. The number of aliphatic hydroxyl groups excluding tert-OH is 1. The Labute approximate surface area is 172 Å². The smallest absolute Gasteiger partial charge is 0.285 e. The Morgan fingerprint density at radius 2 is 1.85 bits per heavy atom. The van der Waals surface area contributed by atoms with Gasteiger partial charge in [0.05, 0.1) is 13.2 Å². The van der Waals surface area contributed by atoms with E-state index < -0.39 is 6.29 Å². The van der Waals surface area contributed by atoms with Crippen molar-refractivity contribution in [1.29, 1.82) is 0 Å². The van der Waals surface area contributed by atoms with E-state index in [9.17, 15) is 4.79 Å². The number of ether oxygens (including phenoxy) is 2. The molecule has 1 aliphatic heterocycles. The molecular formula is C21H22INO4. The molecule has 2 aromatic rings. The average Bonchev–Trinajstić information content (AvgIpc) is 2.72. The molecule has 27 heavy (non-hydrogen) atoms. The fourth-order valence-electron chi connectivity index (χ4n) is 2.91. The van der Waals surface area contributed by atoms with Crippen molar-refractivity contribution in [2.75, 3.05) is 7.05 Å². The van der Waals surface area contributed by atoms with Crippen molar-refractivity contribution in [1.82, 2.24) is 5.32 Å². The topological polar surface area (TPSA) is 67.8 Å². The Balaban J connectivity index is 1.72. The quantitative estimate of drug-likeness (QED) is 0.623. The van der Waals surface area contributed by atoms with E-state index in [0.29, 0.717) is 13.0 Å². The van der Waals surface area contributed by atoms with Crippen LogP contribution in [0.2, 0.25) is 0 Å². The van der Waals surface area contributed by atoms with E-state index >= 15 is 0 Å². The van der Waals surface area contributed by atoms with Gasteiger partial charge in [0.2, 0.25) is 6.29 Å². The van der Waals surface area contributed by atoms with Crippen LogP contribution >= 0.6 is 22.6 Å². The lowest BCUT2D eigenvalue weighted by Gasteiger charge is -2.29. The molecule has 0 aromatic heterocycles. The summed E-state index contributed by atoms with van der Waals surface area (Å²) in [6, 6.07) is 15.8. The average molecular weight is 479 g/mol. The Morgan fingerprint density at radius 3 is 2.48 bits per heavy atom. The van der Waals surface area contributed by atoms with Gasteiger partial charge in [-0.05, 0) is 57.5 Å². The van der Waals surface area contributed by atoms with E-state index in [-0.39, 0.29) is 24.2 Å². The number of rotatable bonds is 6. The zero-order valence-electron chi connectivity index (χ0n) is 15.0. The summed E-state index contributed by atoms with van der Waals surface area (Å²) in [6.45, 7) is 0.391. The molecule has 142 valence electrons. The lowest BCUT2D eigenvalue weighted by molar-refractivity contribution is -0.150. The minimum Gasteiger partial charge on any atom is -0.459 e. The van der Waals surface area contributed by atoms with Gasteiger partial charge in [0, 0.05) is 23.0 Å². The predicted octanol–water partition coefficient (Wildman–Crippen LogP) is 3.46. The maximum atomic E-state index is 12.1. The van der Waals surface area contributed by atoms with Gasteiger partial charge in [0.1, 0.15) is 0 Å². The third-order valence-corrected chi connectivity index (χ3v) is 5.17. The highest BCUT2D eigenvalue weighted by molar-refractivity contribution is 14.1. The van der Waals surface area contributed by atoms with Gasteiger partial charge in [0.15, 0.2) is 5.76 Å². The van der Waals surface area contributed by atoms with Crippen LogP contribution in [-0.4, -0.2) is 24.4 Å². The first-order chi connectivity index (χ1) is 13.1. The van der Waals surface area contributed by atoms with Crippen LogP contribution in [0.3, 0.4) is 0 Å². The number of aliphatic hydroxyl groups is 1. The normalized spacial score (nSPS) is 19.1. The standard InChI is InChI=1S/C21H22INO4/c1-23-21(25)19-10-17(16-6-8-18(22)9-7-16)11-20(27-19)26-13-15-4-2-14(12-24)3-5-15/h2-10,17,20,24H,11-13H2,1H3,(H,23,25)/t17-,20+/m0/s1. The number of hydrogen-bond acceptors (Lipinski definition) is 4. The number of carbonyl (C=O) groups excluding carboxylic acids is 1. The summed E-state index contributed by atoms with van der Waals surface area (Å²) in [5, 5.41) is 11.7. The summed E-state index contributed by atoms with van der Waals surface area (Å²) in [5.41, 5.74) is 2.97. The number of amides is 1. The van der Waals surface area contributed by atoms with E-state index in [1.807, 2.05) is 30.3 Å². The maximum Gasteiger partial charge on any atom is 0.285 e. The Bertz CT molecular complexity index is 802. The monoisotopic (exact) mass is 479 g/mol.